The van der Waals surface area contributed by atoms with Gasteiger partial charge in [0.2, 0.25) is 0 Å². The zero-order valence-corrected chi connectivity index (χ0v) is 13.5. The Labute approximate surface area is 128 Å². The second kappa shape index (κ2) is 5.62. The van der Waals surface area contributed by atoms with Gasteiger partial charge in [-0.15, -0.1) is 11.8 Å². The number of aromatic nitrogens is 2. The quantitative estimate of drug-likeness (QED) is 0.619. The number of nitrogens with zero attached hydrogens (tertiary/aromatic N) is 2. The molecule has 0 N–H and O–H groups in total. The molecular formula is C15H17ClN2OS. The first-order valence-electron chi connectivity index (χ1n) is 6.26. The smallest absolute Gasteiger partial charge is 0.153 e. The lowest BCUT2D eigenvalue weighted by Crippen LogP contribution is -2.22. The highest BCUT2D eigenvalue weighted by atomic mass is 35.5. The predicted octanol–water partition coefficient (Wildman–Crippen LogP) is 4.49. The van der Waals surface area contributed by atoms with Crippen molar-refractivity contribution in [2.75, 3.05) is 6.26 Å². The topological polar surface area (TPSA) is 34.9 Å². The van der Waals surface area contributed by atoms with Crippen LogP contribution in [0.3, 0.4) is 0 Å². The SMILES string of the molecule is CSc1ccc(-c2nn(C(C)(C)C)cc2C=O)c(Cl)c1. The lowest BCUT2D eigenvalue weighted by Gasteiger charge is -2.18. The lowest BCUT2D eigenvalue weighted by molar-refractivity contribution is 0.112. The first-order valence-corrected chi connectivity index (χ1v) is 7.86. The molecule has 0 aliphatic heterocycles. The standard InChI is InChI=1S/C15H17ClN2OS/c1-15(2,3)18-8-10(9-19)14(17-18)12-6-5-11(20-4)7-13(12)16/h5-9H,1-4H3. The van der Waals surface area contributed by atoms with E-state index in [1.54, 1.807) is 22.6 Å². The number of aldehydes is 1. The van der Waals surface area contributed by atoms with Crippen LogP contribution in [0, 0.1) is 0 Å². The Bertz CT molecular complexity index is 644. The Hall–Kier alpha value is -1.26. The molecule has 0 spiro atoms. The second-order valence-corrected chi connectivity index (χ2v) is 6.80. The summed E-state index contributed by atoms with van der Waals surface area (Å²) >= 11 is 7.94. The molecule has 2 rings (SSSR count). The van der Waals surface area contributed by atoms with Crippen LogP contribution >= 0.6 is 23.4 Å². The third-order valence-corrected chi connectivity index (χ3v) is 4.03. The molecule has 5 heteroatoms. The van der Waals surface area contributed by atoms with Crippen molar-refractivity contribution in [1.29, 1.82) is 0 Å². The van der Waals surface area contributed by atoms with E-state index < -0.39 is 0 Å². The maximum Gasteiger partial charge on any atom is 0.153 e. The normalized spacial score (nSPS) is 11.7. The van der Waals surface area contributed by atoms with Gasteiger partial charge in [0.15, 0.2) is 6.29 Å². The van der Waals surface area contributed by atoms with Gasteiger partial charge in [-0.1, -0.05) is 17.7 Å². The van der Waals surface area contributed by atoms with Crippen molar-refractivity contribution in [3.8, 4) is 11.3 Å². The summed E-state index contributed by atoms with van der Waals surface area (Å²) in [6.07, 6.45) is 4.58. The van der Waals surface area contributed by atoms with E-state index in [0.717, 1.165) is 16.7 Å². The van der Waals surface area contributed by atoms with Gasteiger partial charge in [-0.25, -0.2) is 0 Å². The molecule has 0 atom stereocenters. The number of rotatable bonds is 3. The van der Waals surface area contributed by atoms with E-state index in [2.05, 4.69) is 5.10 Å². The highest BCUT2D eigenvalue weighted by Gasteiger charge is 2.20. The minimum atomic E-state index is -0.179. The first-order chi connectivity index (χ1) is 9.36. The van der Waals surface area contributed by atoms with Crippen molar-refractivity contribution in [1.82, 2.24) is 9.78 Å². The summed E-state index contributed by atoms with van der Waals surface area (Å²) in [6.45, 7) is 6.12. The molecule has 0 radical (unpaired) electrons. The summed E-state index contributed by atoms with van der Waals surface area (Å²) < 4.78 is 1.80. The van der Waals surface area contributed by atoms with E-state index in [1.807, 2.05) is 45.2 Å². The summed E-state index contributed by atoms with van der Waals surface area (Å²) in [5.41, 5.74) is 1.79. The van der Waals surface area contributed by atoms with Crippen LogP contribution in [0.15, 0.2) is 29.3 Å². The Morgan fingerprint density at radius 1 is 1.35 bits per heavy atom. The van der Waals surface area contributed by atoms with E-state index in [4.69, 9.17) is 11.6 Å². The molecule has 2 aromatic rings. The Balaban J connectivity index is 2.57. The number of hydrogen-bond acceptors (Lipinski definition) is 3. The van der Waals surface area contributed by atoms with Crippen molar-refractivity contribution >= 4 is 29.6 Å². The van der Waals surface area contributed by atoms with Crippen LogP contribution in [-0.2, 0) is 5.54 Å². The van der Waals surface area contributed by atoms with Gasteiger partial charge in [-0.2, -0.15) is 5.10 Å². The van der Waals surface area contributed by atoms with Gasteiger partial charge < -0.3 is 0 Å². The predicted molar refractivity (Wildman–Crippen MR) is 84.8 cm³/mol. The van der Waals surface area contributed by atoms with Gasteiger partial charge in [0.05, 0.1) is 16.1 Å². The van der Waals surface area contributed by atoms with E-state index in [0.29, 0.717) is 16.3 Å². The molecule has 3 nitrogen and oxygen atoms in total. The van der Waals surface area contributed by atoms with Gasteiger partial charge in [0, 0.05) is 16.7 Å². The average molecular weight is 309 g/mol. The third kappa shape index (κ3) is 2.91. The highest BCUT2D eigenvalue weighted by molar-refractivity contribution is 7.98. The lowest BCUT2D eigenvalue weighted by atomic mass is 10.1. The maximum atomic E-state index is 11.3. The van der Waals surface area contributed by atoms with Crippen LogP contribution in [0.1, 0.15) is 31.1 Å². The molecule has 20 heavy (non-hydrogen) atoms. The van der Waals surface area contributed by atoms with Crippen molar-refractivity contribution in [2.24, 2.45) is 0 Å². The van der Waals surface area contributed by atoms with E-state index in [9.17, 15) is 4.79 Å². The summed E-state index contributed by atoms with van der Waals surface area (Å²) in [7, 11) is 0. The zero-order valence-electron chi connectivity index (χ0n) is 12.0. The van der Waals surface area contributed by atoms with Gasteiger partial charge in [0.1, 0.15) is 5.69 Å². The molecule has 1 aromatic heterocycles. The Morgan fingerprint density at radius 2 is 2.05 bits per heavy atom. The number of carbonyl (C=O) groups excluding carboxylic acids is 1. The van der Waals surface area contributed by atoms with Crippen LogP contribution in [0.5, 0.6) is 0 Å². The molecule has 0 bridgehead atoms. The van der Waals surface area contributed by atoms with Crippen molar-refractivity contribution in [3.05, 3.63) is 35.0 Å². The second-order valence-electron chi connectivity index (χ2n) is 5.51. The van der Waals surface area contributed by atoms with E-state index in [1.165, 1.54) is 0 Å². The van der Waals surface area contributed by atoms with Crippen LogP contribution in [-0.4, -0.2) is 22.3 Å². The molecule has 0 unspecified atom stereocenters. The number of halogens is 1. The fourth-order valence-electron chi connectivity index (χ4n) is 1.84. The number of benzene rings is 1. The monoisotopic (exact) mass is 308 g/mol. The minimum Gasteiger partial charge on any atom is -0.298 e. The van der Waals surface area contributed by atoms with Crippen molar-refractivity contribution < 1.29 is 4.79 Å². The van der Waals surface area contributed by atoms with Gasteiger partial charge in [-0.05, 0) is 39.2 Å². The highest BCUT2D eigenvalue weighted by Crippen LogP contribution is 2.32. The number of thioether (sulfide) groups is 1. The van der Waals surface area contributed by atoms with Gasteiger partial charge in [0.25, 0.3) is 0 Å². The van der Waals surface area contributed by atoms with E-state index >= 15 is 0 Å². The zero-order chi connectivity index (χ0) is 14.9. The molecular weight excluding hydrogens is 292 g/mol. The molecule has 0 saturated carbocycles. The van der Waals surface area contributed by atoms with Crippen molar-refractivity contribution in [3.63, 3.8) is 0 Å². The maximum absolute atomic E-state index is 11.3. The Morgan fingerprint density at radius 3 is 2.55 bits per heavy atom. The van der Waals surface area contributed by atoms with Crippen molar-refractivity contribution in [2.45, 2.75) is 31.2 Å². The largest absolute Gasteiger partial charge is 0.298 e. The number of carbonyl (C=O) groups is 1. The van der Waals surface area contributed by atoms with Crippen LogP contribution < -0.4 is 0 Å². The van der Waals surface area contributed by atoms with Gasteiger partial charge >= 0.3 is 0 Å². The average Bonchev–Trinajstić information content (AvgIpc) is 2.82. The van der Waals surface area contributed by atoms with Crippen LogP contribution in [0.25, 0.3) is 11.3 Å². The molecule has 0 aliphatic carbocycles. The fraction of sp³-hybridized carbons (Fsp3) is 0.333. The molecule has 0 aliphatic rings. The van der Waals surface area contributed by atoms with Crippen LogP contribution in [0.4, 0.5) is 0 Å². The Kier molecular flexibility index (Phi) is 4.25. The molecule has 0 amide bonds. The molecule has 0 fully saturated rings. The fourth-order valence-corrected chi connectivity index (χ4v) is 2.62. The van der Waals surface area contributed by atoms with Crippen LogP contribution in [0.2, 0.25) is 5.02 Å². The summed E-state index contributed by atoms with van der Waals surface area (Å²) in [5.74, 6) is 0. The van der Waals surface area contributed by atoms with Gasteiger partial charge in [-0.3, -0.25) is 9.48 Å². The summed E-state index contributed by atoms with van der Waals surface area (Å²) in [6, 6.07) is 5.79. The molecule has 106 valence electrons. The molecule has 0 saturated heterocycles. The molecule has 1 heterocycles. The molecule has 1 aromatic carbocycles. The number of hydrogen-bond donors (Lipinski definition) is 0. The van der Waals surface area contributed by atoms with E-state index in [-0.39, 0.29) is 5.54 Å². The third-order valence-electron chi connectivity index (χ3n) is 2.99. The summed E-state index contributed by atoms with van der Waals surface area (Å²) in [4.78, 5) is 12.4. The summed E-state index contributed by atoms with van der Waals surface area (Å²) in [5, 5.41) is 5.14. The minimum absolute atomic E-state index is 0.179. The first kappa shape index (κ1) is 15.1.